The van der Waals surface area contributed by atoms with E-state index in [9.17, 15) is 17.6 Å². The van der Waals surface area contributed by atoms with Crippen LogP contribution in [0.3, 0.4) is 0 Å². The number of ether oxygens (including phenoxy) is 2. The molecule has 1 aliphatic rings. The quantitative estimate of drug-likeness (QED) is 0.398. The number of alkyl halides is 3. The summed E-state index contributed by atoms with van der Waals surface area (Å²) in [6.45, 7) is 1.33. The lowest BCUT2D eigenvalue weighted by Crippen LogP contribution is -2.38. The topological polar surface area (TPSA) is 90.2 Å². The van der Waals surface area contributed by atoms with Gasteiger partial charge in [0.2, 0.25) is 0 Å². The molecule has 3 aromatic heterocycles. The summed E-state index contributed by atoms with van der Waals surface area (Å²) in [7, 11) is 1.54. The van der Waals surface area contributed by atoms with E-state index in [1.165, 1.54) is 6.07 Å². The summed E-state index contributed by atoms with van der Waals surface area (Å²) in [6, 6.07) is 1.41. The number of nitrogens with one attached hydrogen (secondary N) is 1. The molecule has 0 aliphatic carbocycles. The van der Waals surface area contributed by atoms with Gasteiger partial charge in [-0.2, -0.15) is 13.2 Å². The average molecular weight is 469 g/mol. The van der Waals surface area contributed by atoms with Crippen LogP contribution in [0.15, 0.2) is 24.8 Å². The van der Waals surface area contributed by atoms with Gasteiger partial charge in [0.15, 0.2) is 17.3 Å². The zero-order valence-electron chi connectivity index (χ0n) is 17.8. The van der Waals surface area contributed by atoms with E-state index >= 15 is 0 Å². The molecule has 1 fully saturated rings. The molecule has 0 aromatic carbocycles. The number of nitrogens with zero attached hydrogens (tertiary/aromatic N) is 6. The Kier molecular flexibility index (Phi) is 7.00. The Hall–Kier alpha value is -2.90. The summed E-state index contributed by atoms with van der Waals surface area (Å²) in [6.07, 6.45) is -1.19. The number of rotatable bonds is 8. The molecule has 3 aromatic rings. The molecule has 13 heteroatoms. The molecule has 1 atom stereocenters. The van der Waals surface area contributed by atoms with Crippen molar-refractivity contribution in [2.75, 3.05) is 45.3 Å². The molecular weight excluding hydrogens is 446 g/mol. The van der Waals surface area contributed by atoms with Crippen molar-refractivity contribution in [3.05, 3.63) is 42.0 Å². The number of halogens is 4. The van der Waals surface area contributed by atoms with Gasteiger partial charge in [0, 0.05) is 39.5 Å². The minimum atomic E-state index is -4.43. The maximum absolute atomic E-state index is 13.5. The number of morpholine rings is 1. The number of hydrogen-bond donors (Lipinski definition) is 1. The molecule has 9 nitrogen and oxygen atoms in total. The van der Waals surface area contributed by atoms with Crippen LogP contribution in [0.1, 0.15) is 17.5 Å². The molecule has 4 rings (SSSR count). The lowest BCUT2D eigenvalue weighted by atomic mass is 10.2. The molecule has 0 radical (unpaired) electrons. The first-order chi connectivity index (χ1) is 15.8. The van der Waals surface area contributed by atoms with Crippen molar-refractivity contribution in [3.63, 3.8) is 0 Å². The summed E-state index contributed by atoms with van der Waals surface area (Å²) in [4.78, 5) is 18.9. The molecule has 4 heterocycles. The van der Waals surface area contributed by atoms with Crippen LogP contribution in [0, 0.1) is 5.82 Å². The van der Waals surface area contributed by atoms with Gasteiger partial charge in [-0.25, -0.2) is 19.3 Å². The van der Waals surface area contributed by atoms with E-state index in [0.717, 1.165) is 17.1 Å². The summed E-state index contributed by atoms with van der Waals surface area (Å²) >= 11 is 0. The molecule has 0 saturated carbocycles. The fourth-order valence-electron chi connectivity index (χ4n) is 3.61. The van der Waals surface area contributed by atoms with Crippen molar-refractivity contribution in [2.45, 2.75) is 25.4 Å². The molecule has 1 aliphatic heterocycles. The van der Waals surface area contributed by atoms with Gasteiger partial charge in [0.25, 0.3) is 0 Å². The van der Waals surface area contributed by atoms with Crippen molar-refractivity contribution < 1.29 is 27.0 Å². The van der Waals surface area contributed by atoms with Gasteiger partial charge in [0.1, 0.15) is 24.0 Å². The molecule has 1 saturated heterocycles. The predicted octanol–water partition coefficient (Wildman–Crippen LogP) is 2.55. The number of aromatic nitrogens is 5. The van der Waals surface area contributed by atoms with Gasteiger partial charge in [-0.05, 0) is 11.6 Å². The Morgan fingerprint density at radius 1 is 1.27 bits per heavy atom. The fourth-order valence-corrected chi connectivity index (χ4v) is 3.61. The SMILES string of the molecule is COCCNc1nc(C2CN(Cc3cncc(F)c3)CCO2)nc2c1ncn2CC(F)(F)F. The molecule has 1 N–H and O–H groups in total. The molecule has 0 spiro atoms. The number of anilines is 1. The maximum Gasteiger partial charge on any atom is 0.406 e. The maximum atomic E-state index is 13.5. The average Bonchev–Trinajstić information content (AvgIpc) is 3.15. The van der Waals surface area contributed by atoms with Crippen LogP contribution < -0.4 is 5.32 Å². The number of fused-ring (bicyclic) bond motifs is 1. The van der Waals surface area contributed by atoms with E-state index in [1.54, 1.807) is 13.3 Å². The Labute approximate surface area is 186 Å². The van der Waals surface area contributed by atoms with Crippen LogP contribution in [0.25, 0.3) is 11.2 Å². The van der Waals surface area contributed by atoms with Crippen LogP contribution in [0.5, 0.6) is 0 Å². The highest BCUT2D eigenvalue weighted by Gasteiger charge is 2.31. The van der Waals surface area contributed by atoms with Gasteiger partial charge >= 0.3 is 6.18 Å². The second-order valence-corrected chi connectivity index (χ2v) is 7.62. The van der Waals surface area contributed by atoms with Crippen LogP contribution in [-0.4, -0.2) is 75.5 Å². The Bertz CT molecular complexity index is 1090. The zero-order valence-corrected chi connectivity index (χ0v) is 17.8. The fraction of sp³-hybridized carbons (Fsp3) is 0.500. The number of imidazole rings is 1. The summed E-state index contributed by atoms with van der Waals surface area (Å²) < 4.78 is 64.4. The van der Waals surface area contributed by atoms with E-state index in [0.29, 0.717) is 50.8 Å². The molecule has 0 bridgehead atoms. The Morgan fingerprint density at radius 2 is 2.12 bits per heavy atom. The second kappa shape index (κ2) is 9.93. The monoisotopic (exact) mass is 469 g/mol. The Balaban J connectivity index is 1.61. The van der Waals surface area contributed by atoms with Crippen molar-refractivity contribution in [1.82, 2.24) is 29.4 Å². The molecular formula is C20H23F4N7O2. The number of hydrogen-bond acceptors (Lipinski definition) is 8. The van der Waals surface area contributed by atoms with Gasteiger partial charge in [0.05, 0.1) is 25.7 Å². The molecule has 178 valence electrons. The van der Waals surface area contributed by atoms with Crippen molar-refractivity contribution in [3.8, 4) is 0 Å². The third kappa shape index (κ3) is 5.92. The van der Waals surface area contributed by atoms with Crippen LogP contribution in [0.4, 0.5) is 23.4 Å². The van der Waals surface area contributed by atoms with Crippen molar-refractivity contribution in [2.24, 2.45) is 0 Å². The third-order valence-corrected chi connectivity index (χ3v) is 5.04. The standard InChI is InChI=1S/C20H23F4N7O2/c1-32-4-2-26-18-16-19(31(12-27-16)11-20(22,23)24)29-17(28-18)15-10-30(3-5-33-15)9-13-6-14(21)8-25-7-13/h6-8,12,15H,2-5,9-11H2,1H3,(H,26,28,29). The van der Waals surface area contributed by atoms with E-state index < -0.39 is 24.6 Å². The first-order valence-electron chi connectivity index (χ1n) is 10.3. The number of pyridine rings is 1. The summed E-state index contributed by atoms with van der Waals surface area (Å²) in [5.74, 6) is 0.132. The Morgan fingerprint density at radius 3 is 2.88 bits per heavy atom. The first kappa shape index (κ1) is 23.3. The van der Waals surface area contributed by atoms with E-state index in [2.05, 4.69) is 25.3 Å². The molecule has 0 amide bonds. The third-order valence-electron chi connectivity index (χ3n) is 5.04. The van der Waals surface area contributed by atoms with Gasteiger partial charge in [-0.1, -0.05) is 0 Å². The zero-order chi connectivity index (χ0) is 23.4. The van der Waals surface area contributed by atoms with Gasteiger partial charge < -0.3 is 19.4 Å². The van der Waals surface area contributed by atoms with E-state index in [4.69, 9.17) is 9.47 Å². The first-order valence-corrected chi connectivity index (χ1v) is 10.3. The molecule has 33 heavy (non-hydrogen) atoms. The molecule has 1 unspecified atom stereocenters. The lowest BCUT2D eigenvalue weighted by Gasteiger charge is -2.32. The van der Waals surface area contributed by atoms with Gasteiger partial charge in [-0.3, -0.25) is 9.88 Å². The highest BCUT2D eigenvalue weighted by Crippen LogP contribution is 2.27. The normalized spacial score (nSPS) is 17.5. The van der Waals surface area contributed by atoms with E-state index in [1.807, 2.05) is 4.90 Å². The van der Waals surface area contributed by atoms with E-state index in [-0.39, 0.29) is 17.0 Å². The summed E-state index contributed by atoms with van der Waals surface area (Å²) in [5.41, 5.74) is 1.00. The minimum Gasteiger partial charge on any atom is -0.383 e. The van der Waals surface area contributed by atoms with Crippen LogP contribution in [-0.2, 0) is 22.6 Å². The highest BCUT2D eigenvalue weighted by molar-refractivity contribution is 5.83. The van der Waals surface area contributed by atoms with Crippen molar-refractivity contribution in [1.29, 1.82) is 0 Å². The largest absolute Gasteiger partial charge is 0.406 e. The summed E-state index contributed by atoms with van der Waals surface area (Å²) in [5, 5.41) is 3.05. The second-order valence-electron chi connectivity index (χ2n) is 7.62. The van der Waals surface area contributed by atoms with Crippen molar-refractivity contribution >= 4 is 17.0 Å². The smallest absolute Gasteiger partial charge is 0.383 e. The minimum absolute atomic E-state index is 0.0623. The lowest BCUT2D eigenvalue weighted by molar-refractivity contribution is -0.140. The number of methoxy groups -OCH3 is 1. The highest BCUT2D eigenvalue weighted by atomic mass is 19.4. The van der Waals surface area contributed by atoms with Crippen LogP contribution >= 0.6 is 0 Å². The van der Waals surface area contributed by atoms with Gasteiger partial charge in [-0.15, -0.1) is 0 Å². The van der Waals surface area contributed by atoms with Crippen LogP contribution in [0.2, 0.25) is 0 Å². The predicted molar refractivity (Wildman–Crippen MR) is 110 cm³/mol.